The quantitative estimate of drug-likeness (QED) is 0.548. The number of nitrogens with one attached hydrogen (secondary N) is 2. The highest BCUT2D eigenvalue weighted by Gasteiger charge is 2.09. The number of likely N-dealkylation sites (N-methyl/N-ethyl adjacent to an activating group) is 1. The molecule has 0 aromatic heterocycles. The third-order valence-corrected chi connectivity index (χ3v) is 1.71. The first-order chi connectivity index (χ1) is 4.88. The molecular formula is C8H12N2. The Bertz CT molecular complexity index is 180. The van der Waals surface area contributed by atoms with Crippen molar-refractivity contribution in [3.63, 3.8) is 0 Å². The van der Waals surface area contributed by atoms with Crippen LogP contribution in [0.3, 0.4) is 0 Å². The lowest BCUT2D eigenvalue weighted by Crippen LogP contribution is -2.28. The Balaban J connectivity index is 2.70. The van der Waals surface area contributed by atoms with E-state index >= 15 is 0 Å². The molecule has 0 amide bonds. The molecule has 2 heteroatoms. The molecule has 0 aromatic carbocycles. The van der Waals surface area contributed by atoms with Gasteiger partial charge in [-0.2, -0.15) is 0 Å². The number of rotatable bonds is 2. The van der Waals surface area contributed by atoms with Gasteiger partial charge in [-0.25, -0.2) is 0 Å². The van der Waals surface area contributed by atoms with Crippen molar-refractivity contribution in [2.45, 2.75) is 12.5 Å². The van der Waals surface area contributed by atoms with Crippen molar-refractivity contribution < 1.29 is 0 Å². The van der Waals surface area contributed by atoms with Crippen LogP contribution < -0.4 is 5.32 Å². The van der Waals surface area contributed by atoms with Crippen molar-refractivity contribution in [3.8, 4) is 0 Å². The summed E-state index contributed by atoms with van der Waals surface area (Å²) >= 11 is 0. The number of hydrogen-bond donors (Lipinski definition) is 2. The highest BCUT2D eigenvalue weighted by molar-refractivity contribution is 5.78. The van der Waals surface area contributed by atoms with Crippen LogP contribution in [-0.4, -0.2) is 19.3 Å². The molecule has 0 aromatic rings. The molecule has 2 nitrogen and oxygen atoms in total. The maximum atomic E-state index is 7.06. The summed E-state index contributed by atoms with van der Waals surface area (Å²) in [6, 6.07) is 0.350. The van der Waals surface area contributed by atoms with Gasteiger partial charge in [-0.15, -0.1) is 0 Å². The van der Waals surface area contributed by atoms with Gasteiger partial charge < -0.3 is 10.7 Å². The lowest BCUT2D eigenvalue weighted by Gasteiger charge is -2.16. The average Bonchev–Trinajstić information content (AvgIpc) is 2.04. The molecule has 0 saturated carbocycles. The fraction of sp³-hybridized carbons (Fsp3) is 0.375. The zero-order valence-corrected chi connectivity index (χ0v) is 6.09. The smallest absolute Gasteiger partial charge is 0.0367 e. The molecular weight excluding hydrogens is 124 g/mol. The predicted octanol–water partition coefficient (Wildman–Crippen LogP) is 1.11. The fourth-order valence-corrected chi connectivity index (χ4v) is 1.08. The van der Waals surface area contributed by atoms with Crippen molar-refractivity contribution in [3.05, 3.63) is 23.8 Å². The third-order valence-electron chi connectivity index (χ3n) is 1.71. The van der Waals surface area contributed by atoms with Crippen LogP contribution in [-0.2, 0) is 0 Å². The molecule has 1 aliphatic carbocycles. The van der Waals surface area contributed by atoms with Gasteiger partial charge in [0.2, 0.25) is 0 Å². The van der Waals surface area contributed by atoms with Crippen molar-refractivity contribution in [1.82, 2.24) is 5.32 Å². The molecule has 2 N–H and O–H groups in total. The second kappa shape index (κ2) is 3.32. The first-order valence-electron chi connectivity index (χ1n) is 3.43. The second-order valence-corrected chi connectivity index (χ2v) is 2.32. The van der Waals surface area contributed by atoms with Gasteiger partial charge >= 0.3 is 0 Å². The van der Waals surface area contributed by atoms with E-state index in [4.69, 9.17) is 5.41 Å². The van der Waals surface area contributed by atoms with Crippen LogP contribution in [0.2, 0.25) is 0 Å². The van der Waals surface area contributed by atoms with Gasteiger partial charge in [-0.3, -0.25) is 0 Å². The van der Waals surface area contributed by atoms with Crippen LogP contribution in [0.15, 0.2) is 23.8 Å². The Morgan fingerprint density at radius 2 is 2.60 bits per heavy atom. The Morgan fingerprint density at radius 1 is 1.80 bits per heavy atom. The monoisotopic (exact) mass is 136 g/mol. The van der Waals surface area contributed by atoms with Gasteiger partial charge in [0, 0.05) is 12.3 Å². The highest BCUT2D eigenvalue weighted by Crippen LogP contribution is 2.09. The van der Waals surface area contributed by atoms with Crippen molar-refractivity contribution in [2.24, 2.45) is 0 Å². The van der Waals surface area contributed by atoms with E-state index in [2.05, 4.69) is 11.4 Å². The molecule has 0 saturated heterocycles. The molecule has 0 spiro atoms. The van der Waals surface area contributed by atoms with E-state index < -0.39 is 0 Å². The van der Waals surface area contributed by atoms with E-state index in [-0.39, 0.29) is 0 Å². The first kappa shape index (κ1) is 7.22. The topological polar surface area (TPSA) is 35.9 Å². The minimum absolute atomic E-state index is 0.350. The van der Waals surface area contributed by atoms with Crippen molar-refractivity contribution in [2.75, 3.05) is 7.05 Å². The highest BCUT2D eigenvalue weighted by atomic mass is 14.9. The van der Waals surface area contributed by atoms with Gasteiger partial charge in [0.25, 0.3) is 0 Å². The van der Waals surface area contributed by atoms with Gasteiger partial charge in [-0.05, 0) is 19.0 Å². The summed E-state index contributed by atoms with van der Waals surface area (Å²) in [6.45, 7) is 0. The Hall–Kier alpha value is -0.890. The lowest BCUT2D eigenvalue weighted by atomic mass is 10.0. The molecule has 0 fully saturated rings. The normalized spacial score (nSPS) is 24.1. The molecule has 0 bridgehead atoms. The molecule has 1 aliphatic rings. The summed E-state index contributed by atoms with van der Waals surface area (Å²) < 4.78 is 0. The van der Waals surface area contributed by atoms with Crippen LogP contribution in [0.1, 0.15) is 6.42 Å². The largest absolute Gasteiger partial charge is 0.313 e. The van der Waals surface area contributed by atoms with E-state index in [0.717, 1.165) is 12.0 Å². The summed E-state index contributed by atoms with van der Waals surface area (Å²) in [4.78, 5) is 0. The van der Waals surface area contributed by atoms with Gasteiger partial charge in [0.1, 0.15) is 0 Å². The van der Waals surface area contributed by atoms with Gasteiger partial charge in [0.05, 0.1) is 0 Å². The fourth-order valence-electron chi connectivity index (χ4n) is 1.08. The van der Waals surface area contributed by atoms with E-state index in [1.807, 2.05) is 19.2 Å². The Kier molecular flexibility index (Phi) is 2.40. The van der Waals surface area contributed by atoms with Crippen LogP contribution >= 0.6 is 0 Å². The molecule has 0 aliphatic heterocycles. The van der Waals surface area contributed by atoms with E-state index in [1.54, 1.807) is 0 Å². The average molecular weight is 136 g/mol. The molecule has 0 heterocycles. The summed E-state index contributed by atoms with van der Waals surface area (Å²) in [5.41, 5.74) is 1.06. The summed E-state index contributed by atoms with van der Waals surface area (Å²) in [6.07, 6.45) is 8.47. The van der Waals surface area contributed by atoms with E-state index in [0.29, 0.717) is 6.04 Å². The Labute approximate surface area is 61.1 Å². The molecule has 1 rings (SSSR count). The summed E-state index contributed by atoms with van der Waals surface area (Å²) in [7, 11) is 1.92. The van der Waals surface area contributed by atoms with Crippen LogP contribution in [0, 0.1) is 5.41 Å². The zero-order valence-electron chi connectivity index (χ0n) is 6.09. The number of allylic oxidation sites excluding steroid dienone is 2. The van der Waals surface area contributed by atoms with Crippen LogP contribution in [0.4, 0.5) is 0 Å². The van der Waals surface area contributed by atoms with Crippen molar-refractivity contribution >= 4 is 6.21 Å². The van der Waals surface area contributed by atoms with E-state index in [1.165, 1.54) is 6.21 Å². The SMILES string of the molecule is CNC1CC=CC=C1C=N. The lowest BCUT2D eigenvalue weighted by molar-refractivity contribution is 0.658. The molecule has 1 unspecified atom stereocenters. The second-order valence-electron chi connectivity index (χ2n) is 2.32. The Morgan fingerprint density at radius 3 is 3.10 bits per heavy atom. The first-order valence-corrected chi connectivity index (χ1v) is 3.43. The van der Waals surface area contributed by atoms with Crippen molar-refractivity contribution in [1.29, 1.82) is 5.41 Å². The van der Waals surface area contributed by atoms with Gasteiger partial charge in [-0.1, -0.05) is 18.2 Å². The molecule has 10 heavy (non-hydrogen) atoms. The van der Waals surface area contributed by atoms with Crippen LogP contribution in [0.25, 0.3) is 0 Å². The van der Waals surface area contributed by atoms with Gasteiger partial charge in [0.15, 0.2) is 0 Å². The minimum atomic E-state index is 0.350. The molecule has 0 radical (unpaired) electrons. The van der Waals surface area contributed by atoms with E-state index in [9.17, 15) is 0 Å². The zero-order chi connectivity index (χ0) is 7.40. The number of hydrogen-bond acceptors (Lipinski definition) is 2. The molecule has 54 valence electrons. The predicted molar refractivity (Wildman–Crippen MR) is 43.5 cm³/mol. The summed E-state index contributed by atoms with van der Waals surface area (Å²) in [5, 5.41) is 10.2. The maximum absolute atomic E-state index is 7.06. The summed E-state index contributed by atoms with van der Waals surface area (Å²) in [5.74, 6) is 0. The maximum Gasteiger partial charge on any atom is 0.0367 e. The molecule has 1 atom stereocenters. The third kappa shape index (κ3) is 1.33. The standard InChI is InChI=1S/C8H12N2/c1-10-8-5-3-2-4-7(8)6-9/h2-4,6,8-10H,5H2,1H3. The van der Waals surface area contributed by atoms with Crippen LogP contribution in [0.5, 0.6) is 0 Å². The minimum Gasteiger partial charge on any atom is -0.313 e.